The molecule has 0 radical (unpaired) electrons. The number of aliphatic hydroxyl groups is 1. The van der Waals surface area contributed by atoms with Crippen LogP contribution in [0.5, 0.6) is 0 Å². The van der Waals surface area contributed by atoms with Crippen molar-refractivity contribution in [2.75, 3.05) is 59.7 Å². The number of allylic oxidation sites excluding steroid dienone is 3. The van der Waals surface area contributed by atoms with Crippen molar-refractivity contribution in [2.24, 2.45) is 17.8 Å². The number of methoxy groups -OCH3 is 1. The van der Waals surface area contributed by atoms with Crippen LogP contribution in [0.2, 0.25) is 0 Å². The molecule has 46 heavy (non-hydrogen) atoms. The molecule has 0 aromatic heterocycles. The van der Waals surface area contributed by atoms with Crippen molar-refractivity contribution < 1.29 is 38.4 Å². The highest BCUT2D eigenvalue weighted by atomic mass is 16.6. The molecule has 0 saturated carbocycles. The van der Waals surface area contributed by atoms with E-state index in [9.17, 15) is 14.7 Å². The number of nitrogens with one attached hydrogen (secondary N) is 2. The lowest BCUT2D eigenvalue weighted by molar-refractivity contribution is -0.124. The molecule has 2 amide bonds. The first-order chi connectivity index (χ1) is 21.9. The van der Waals surface area contributed by atoms with Crippen molar-refractivity contribution in [3.63, 3.8) is 0 Å². The summed E-state index contributed by atoms with van der Waals surface area (Å²) in [7, 11) is 1.64. The summed E-state index contributed by atoms with van der Waals surface area (Å²) in [6.07, 6.45) is 9.44. The minimum atomic E-state index is -0.540. The Morgan fingerprint density at radius 1 is 1.15 bits per heavy atom. The van der Waals surface area contributed by atoms with Crippen LogP contribution in [-0.2, 0) is 28.5 Å². The molecule has 3 heterocycles. The number of hydrogen-bond acceptors (Lipinski definition) is 9. The van der Waals surface area contributed by atoms with Gasteiger partial charge in [-0.3, -0.25) is 4.79 Å². The largest absolute Gasteiger partial charge is 0.447 e. The maximum atomic E-state index is 12.4. The molecule has 0 aromatic rings. The minimum absolute atomic E-state index is 0.00758. The Bertz CT molecular complexity index is 998. The molecule has 0 bridgehead atoms. The predicted octanol–water partition coefficient (Wildman–Crippen LogP) is 3.84. The van der Waals surface area contributed by atoms with Crippen LogP contribution in [0.15, 0.2) is 23.8 Å². The van der Waals surface area contributed by atoms with Crippen molar-refractivity contribution in [1.29, 1.82) is 0 Å². The lowest BCUT2D eigenvalue weighted by atomic mass is 9.85. The molecule has 0 spiro atoms. The molecule has 0 aromatic carbocycles. The molecule has 3 fully saturated rings. The molecule has 3 saturated heterocycles. The monoisotopic (exact) mass is 651 g/mol. The second-order valence-corrected chi connectivity index (χ2v) is 13.7. The van der Waals surface area contributed by atoms with E-state index in [0.717, 1.165) is 38.8 Å². The van der Waals surface area contributed by atoms with E-state index in [4.69, 9.17) is 23.7 Å². The highest BCUT2D eigenvalue weighted by Gasteiger charge is 2.56. The molecule has 264 valence electrons. The smallest absolute Gasteiger partial charge is 0.409 e. The fraction of sp³-hybridized carbons (Fsp3) is 0.829. The van der Waals surface area contributed by atoms with Crippen LogP contribution in [0.1, 0.15) is 73.6 Å². The van der Waals surface area contributed by atoms with Crippen LogP contribution in [0.3, 0.4) is 0 Å². The average molecular weight is 652 g/mol. The third-order valence-electron chi connectivity index (χ3n) is 9.51. The highest BCUT2D eigenvalue weighted by Crippen LogP contribution is 2.47. The van der Waals surface area contributed by atoms with Gasteiger partial charge < -0.3 is 44.3 Å². The van der Waals surface area contributed by atoms with Gasteiger partial charge in [0.25, 0.3) is 0 Å². The van der Waals surface area contributed by atoms with Gasteiger partial charge in [-0.2, -0.15) is 0 Å². The molecule has 11 nitrogen and oxygen atoms in total. The Labute approximate surface area is 276 Å². The quantitative estimate of drug-likeness (QED) is 0.122. The Morgan fingerprint density at radius 3 is 2.67 bits per heavy atom. The van der Waals surface area contributed by atoms with Crippen molar-refractivity contribution in [2.45, 2.75) is 110 Å². The maximum absolute atomic E-state index is 12.4. The van der Waals surface area contributed by atoms with Gasteiger partial charge in [0.2, 0.25) is 5.91 Å². The van der Waals surface area contributed by atoms with Crippen molar-refractivity contribution in [3.05, 3.63) is 23.8 Å². The van der Waals surface area contributed by atoms with E-state index in [2.05, 4.69) is 63.5 Å². The molecule has 0 unspecified atom stereocenters. The third-order valence-corrected chi connectivity index (χ3v) is 9.51. The normalized spacial score (nSPS) is 29.9. The molecule has 3 aliphatic rings. The van der Waals surface area contributed by atoms with Gasteiger partial charge in [0.15, 0.2) is 0 Å². The maximum Gasteiger partial charge on any atom is 0.409 e. The van der Waals surface area contributed by atoms with E-state index in [1.54, 1.807) is 18.9 Å². The van der Waals surface area contributed by atoms with E-state index >= 15 is 0 Å². The zero-order chi connectivity index (χ0) is 33.7. The van der Waals surface area contributed by atoms with E-state index in [1.165, 1.54) is 5.57 Å². The number of carbonyl (C=O) groups is 2. The number of amides is 2. The van der Waals surface area contributed by atoms with Crippen LogP contribution in [-0.4, -0.2) is 118 Å². The van der Waals surface area contributed by atoms with E-state index in [-0.39, 0.29) is 74.2 Å². The second-order valence-electron chi connectivity index (χ2n) is 13.7. The topological polar surface area (TPSA) is 131 Å². The first-order valence-corrected chi connectivity index (χ1v) is 17.3. The Kier molecular flexibility index (Phi) is 16.0. The summed E-state index contributed by atoms with van der Waals surface area (Å²) in [5.41, 5.74) is 0.964. The molecule has 11 heteroatoms. The average Bonchev–Trinajstić information content (AvgIpc) is 3.75. The Balaban J connectivity index is 1.32. The zero-order valence-electron chi connectivity index (χ0n) is 29.3. The van der Waals surface area contributed by atoms with Gasteiger partial charge in [0, 0.05) is 45.6 Å². The van der Waals surface area contributed by atoms with E-state index in [1.807, 2.05) is 0 Å². The summed E-state index contributed by atoms with van der Waals surface area (Å²) in [5, 5.41) is 16.3. The summed E-state index contributed by atoms with van der Waals surface area (Å²) in [4.78, 5) is 26.2. The van der Waals surface area contributed by atoms with Crippen molar-refractivity contribution in [1.82, 2.24) is 15.5 Å². The molecule has 9 atom stereocenters. The first kappa shape index (κ1) is 38.4. The van der Waals surface area contributed by atoms with Crippen molar-refractivity contribution >= 4 is 12.0 Å². The number of hydrogen-bond donors (Lipinski definition) is 3. The van der Waals surface area contributed by atoms with Crippen LogP contribution in [0, 0.1) is 17.8 Å². The van der Waals surface area contributed by atoms with Gasteiger partial charge in [0.05, 0.1) is 49.3 Å². The van der Waals surface area contributed by atoms with Gasteiger partial charge in [-0.15, -0.1) is 0 Å². The standard InChI is InChI=1S/C35H61N3O8/c1-24(22-35(6)33(46-35)27(4)32(42-7)28(5)39)10-8-11-25(2)31-26(3)12-13-29(45-31)23-37-30(40)14-19-43-20-21-44-34(41)38-17-9-15-36-16-18-38/h8,10-11,24,26-29,31-33,36,39H,9,12-23H2,1-7H3,(H,37,40)/b10-8+,25-11+/t24-,26+,27-,28-,29-,31-,32-,33-,35-/m1/s1. The zero-order valence-corrected chi connectivity index (χ0v) is 29.3. The molecule has 3 N–H and O–H groups in total. The van der Waals surface area contributed by atoms with Gasteiger partial charge in [-0.05, 0) is 70.4 Å². The predicted molar refractivity (Wildman–Crippen MR) is 178 cm³/mol. The SMILES string of the molecule is CO[C@H]([C@@H](C)[C@H]1O[C@]1(C)C[C@H](C)/C=C/C=C(\C)[C@H]1O[C@@H](CNC(=O)CCOCCOC(=O)N2CCCNCC2)CC[C@@H]1C)[C@@H](C)O. The summed E-state index contributed by atoms with van der Waals surface area (Å²) < 4.78 is 28.8. The third kappa shape index (κ3) is 12.2. The fourth-order valence-electron chi connectivity index (χ4n) is 6.91. The molecular weight excluding hydrogens is 590 g/mol. The second kappa shape index (κ2) is 19.1. The van der Waals surface area contributed by atoms with Gasteiger partial charge in [0.1, 0.15) is 6.61 Å². The van der Waals surface area contributed by atoms with Crippen LogP contribution in [0.25, 0.3) is 0 Å². The van der Waals surface area contributed by atoms with E-state index < -0.39 is 6.10 Å². The first-order valence-electron chi connectivity index (χ1n) is 17.3. The Hall–Kier alpha value is -2.02. The summed E-state index contributed by atoms with van der Waals surface area (Å²) in [6.45, 7) is 16.7. The summed E-state index contributed by atoms with van der Waals surface area (Å²) in [6, 6.07) is 0. The summed E-state index contributed by atoms with van der Waals surface area (Å²) >= 11 is 0. The minimum Gasteiger partial charge on any atom is -0.447 e. The molecule has 3 aliphatic heterocycles. The number of rotatable bonds is 17. The number of aliphatic hydroxyl groups excluding tert-OH is 1. The number of nitrogens with zero attached hydrogens (tertiary/aromatic N) is 1. The fourth-order valence-corrected chi connectivity index (χ4v) is 6.91. The summed E-state index contributed by atoms with van der Waals surface area (Å²) in [5.74, 6) is 0.758. The van der Waals surface area contributed by atoms with E-state index in [0.29, 0.717) is 31.5 Å². The highest BCUT2D eigenvalue weighted by molar-refractivity contribution is 5.75. The van der Waals surface area contributed by atoms with Gasteiger partial charge in [-0.25, -0.2) is 4.79 Å². The molecular formula is C35H61N3O8. The molecule has 3 rings (SSSR count). The van der Waals surface area contributed by atoms with Crippen LogP contribution < -0.4 is 10.6 Å². The van der Waals surface area contributed by atoms with Crippen LogP contribution >= 0.6 is 0 Å². The number of epoxide rings is 1. The lowest BCUT2D eigenvalue weighted by Crippen LogP contribution is -2.41. The Morgan fingerprint density at radius 2 is 1.93 bits per heavy atom. The number of ether oxygens (including phenoxy) is 5. The van der Waals surface area contributed by atoms with Crippen LogP contribution in [0.4, 0.5) is 4.79 Å². The van der Waals surface area contributed by atoms with Gasteiger partial charge in [-0.1, -0.05) is 39.0 Å². The molecule has 0 aliphatic carbocycles. The van der Waals surface area contributed by atoms with Gasteiger partial charge >= 0.3 is 6.09 Å². The van der Waals surface area contributed by atoms with Crippen molar-refractivity contribution in [3.8, 4) is 0 Å². The number of carbonyl (C=O) groups excluding carboxylic acids is 2. The lowest BCUT2D eigenvalue weighted by Gasteiger charge is -2.35.